The Hall–Kier alpha value is -3.66. The molecule has 132 valence electrons. The number of H-pyrrole nitrogens is 1. The third kappa shape index (κ3) is 2.72. The average Bonchev–Trinajstić information content (AvgIpc) is 3.37. The van der Waals surface area contributed by atoms with Gasteiger partial charge in [-0.3, -0.25) is 5.10 Å². The molecular weight excluding hydrogens is 342 g/mol. The minimum absolute atomic E-state index is 0.0768. The molecule has 1 N–H and O–H groups in total. The van der Waals surface area contributed by atoms with Gasteiger partial charge in [-0.2, -0.15) is 10.4 Å². The molecule has 1 aliphatic rings. The summed E-state index contributed by atoms with van der Waals surface area (Å²) in [5.74, 6) is 1.12. The summed E-state index contributed by atoms with van der Waals surface area (Å²) in [7, 11) is 0. The topological polar surface area (TPSA) is 101 Å². The second-order valence-corrected chi connectivity index (χ2v) is 6.53. The number of hydrogen-bond donors (Lipinski definition) is 1. The van der Waals surface area contributed by atoms with Crippen molar-refractivity contribution in [3.05, 3.63) is 59.7 Å². The van der Waals surface area contributed by atoms with E-state index in [9.17, 15) is 0 Å². The minimum atomic E-state index is -0.0768. The van der Waals surface area contributed by atoms with Crippen molar-refractivity contribution in [1.82, 2.24) is 20.2 Å². The van der Waals surface area contributed by atoms with Crippen molar-refractivity contribution >= 4 is 10.9 Å². The summed E-state index contributed by atoms with van der Waals surface area (Å²) in [6, 6.07) is 9.86. The summed E-state index contributed by atoms with van der Waals surface area (Å²) in [5, 5.41) is 17.2. The first-order valence-electron chi connectivity index (χ1n) is 8.74. The Morgan fingerprint density at radius 2 is 2.22 bits per heavy atom. The molecule has 5 rings (SSSR count). The van der Waals surface area contributed by atoms with Crippen LogP contribution in [0.25, 0.3) is 22.4 Å². The van der Waals surface area contributed by atoms with E-state index in [1.54, 1.807) is 12.4 Å². The van der Waals surface area contributed by atoms with Gasteiger partial charge in [0.1, 0.15) is 11.8 Å². The van der Waals surface area contributed by atoms with Gasteiger partial charge in [0.25, 0.3) is 0 Å². The lowest BCUT2D eigenvalue weighted by molar-refractivity contribution is 0.176. The fraction of sp³-hybridized carbons (Fsp3) is 0.200. The monoisotopic (exact) mass is 357 g/mol. The summed E-state index contributed by atoms with van der Waals surface area (Å²) in [5.41, 5.74) is 4.47. The van der Waals surface area contributed by atoms with Crippen LogP contribution in [-0.4, -0.2) is 20.2 Å². The Morgan fingerprint density at radius 1 is 1.26 bits per heavy atom. The van der Waals surface area contributed by atoms with Gasteiger partial charge in [0.05, 0.1) is 29.5 Å². The van der Waals surface area contributed by atoms with Crippen LogP contribution >= 0.6 is 0 Å². The standard InChI is InChI=1S/C20H15N5O2/c21-8-12-4-5-14-13(6-12)2-1-3-17(14)27-19-7-15-16(9-23-19)24-25-20(15)18-10-22-11-26-18/h4-7,9-11,17H,1-3H2,(H,24,25)/t17-/m1/s1. The molecule has 3 heterocycles. The van der Waals surface area contributed by atoms with Crippen LogP contribution in [0, 0.1) is 11.3 Å². The Kier molecular flexibility index (Phi) is 3.61. The quantitative estimate of drug-likeness (QED) is 0.596. The number of benzene rings is 1. The van der Waals surface area contributed by atoms with Crippen LogP contribution in [0.5, 0.6) is 5.88 Å². The predicted molar refractivity (Wildman–Crippen MR) is 96.8 cm³/mol. The van der Waals surface area contributed by atoms with Crippen LogP contribution < -0.4 is 4.74 Å². The molecule has 0 fully saturated rings. The molecule has 0 spiro atoms. The number of ether oxygens (including phenoxy) is 1. The number of nitriles is 1. The van der Waals surface area contributed by atoms with E-state index in [0.717, 1.165) is 35.7 Å². The number of aromatic amines is 1. The van der Waals surface area contributed by atoms with Crippen LogP contribution in [0.3, 0.4) is 0 Å². The van der Waals surface area contributed by atoms with Gasteiger partial charge in [0.2, 0.25) is 5.88 Å². The molecule has 0 saturated heterocycles. The average molecular weight is 357 g/mol. The largest absolute Gasteiger partial charge is 0.469 e. The maximum Gasteiger partial charge on any atom is 0.214 e. The lowest BCUT2D eigenvalue weighted by atomic mass is 9.88. The molecular formula is C20H15N5O2. The number of aromatic nitrogens is 4. The van der Waals surface area contributed by atoms with Crippen molar-refractivity contribution in [2.75, 3.05) is 0 Å². The molecule has 3 aromatic heterocycles. The number of nitrogens with one attached hydrogen (secondary N) is 1. The summed E-state index contributed by atoms with van der Waals surface area (Å²) in [6.07, 6.45) is 7.54. The Balaban J connectivity index is 1.49. The molecule has 4 aromatic rings. The highest BCUT2D eigenvalue weighted by Gasteiger charge is 2.23. The summed E-state index contributed by atoms with van der Waals surface area (Å²) in [4.78, 5) is 8.36. The molecule has 0 unspecified atom stereocenters. The van der Waals surface area contributed by atoms with Crippen LogP contribution in [-0.2, 0) is 6.42 Å². The second kappa shape index (κ2) is 6.25. The Labute approximate surface area is 154 Å². The van der Waals surface area contributed by atoms with E-state index in [-0.39, 0.29) is 6.10 Å². The number of rotatable bonds is 3. The Morgan fingerprint density at radius 3 is 3.07 bits per heavy atom. The molecule has 0 amide bonds. The number of aryl methyl sites for hydroxylation is 1. The number of fused-ring (bicyclic) bond motifs is 2. The number of nitrogens with zero attached hydrogens (tertiary/aromatic N) is 4. The van der Waals surface area contributed by atoms with Gasteiger partial charge >= 0.3 is 0 Å². The van der Waals surface area contributed by atoms with E-state index in [4.69, 9.17) is 14.4 Å². The predicted octanol–water partition coefficient (Wildman–Crippen LogP) is 3.94. The smallest absolute Gasteiger partial charge is 0.214 e. The number of hydrogen-bond acceptors (Lipinski definition) is 6. The van der Waals surface area contributed by atoms with Crippen LogP contribution in [0.1, 0.15) is 35.6 Å². The molecule has 1 aromatic carbocycles. The van der Waals surface area contributed by atoms with Gasteiger partial charge < -0.3 is 9.15 Å². The lowest BCUT2D eigenvalue weighted by Crippen LogP contribution is -2.16. The summed E-state index contributed by atoms with van der Waals surface area (Å²) >= 11 is 0. The highest BCUT2D eigenvalue weighted by atomic mass is 16.5. The van der Waals surface area contributed by atoms with E-state index in [2.05, 4.69) is 26.2 Å². The fourth-order valence-corrected chi connectivity index (χ4v) is 3.59. The van der Waals surface area contributed by atoms with Crippen molar-refractivity contribution in [3.8, 4) is 23.4 Å². The maximum atomic E-state index is 9.11. The first kappa shape index (κ1) is 15.6. The van der Waals surface area contributed by atoms with Gasteiger partial charge in [-0.1, -0.05) is 6.07 Å². The van der Waals surface area contributed by atoms with E-state index < -0.39 is 0 Å². The highest BCUT2D eigenvalue weighted by molar-refractivity contribution is 5.91. The zero-order valence-corrected chi connectivity index (χ0v) is 14.3. The number of pyridine rings is 1. The van der Waals surface area contributed by atoms with E-state index in [0.29, 0.717) is 22.9 Å². The summed E-state index contributed by atoms with van der Waals surface area (Å²) < 4.78 is 11.6. The van der Waals surface area contributed by atoms with Gasteiger partial charge in [-0.25, -0.2) is 9.97 Å². The third-order valence-electron chi connectivity index (χ3n) is 4.88. The van der Waals surface area contributed by atoms with Crippen molar-refractivity contribution in [2.45, 2.75) is 25.4 Å². The van der Waals surface area contributed by atoms with Gasteiger partial charge in [-0.05, 0) is 42.5 Å². The van der Waals surface area contributed by atoms with Crippen molar-refractivity contribution in [3.63, 3.8) is 0 Å². The van der Waals surface area contributed by atoms with Crippen LogP contribution in [0.4, 0.5) is 0 Å². The first-order valence-corrected chi connectivity index (χ1v) is 8.74. The fourth-order valence-electron chi connectivity index (χ4n) is 3.59. The van der Waals surface area contributed by atoms with Gasteiger partial charge in [0.15, 0.2) is 12.2 Å². The minimum Gasteiger partial charge on any atom is -0.469 e. The molecule has 7 heteroatoms. The van der Waals surface area contributed by atoms with Crippen LogP contribution in [0.2, 0.25) is 0 Å². The molecule has 0 saturated carbocycles. The van der Waals surface area contributed by atoms with E-state index in [1.165, 1.54) is 12.0 Å². The molecule has 27 heavy (non-hydrogen) atoms. The molecule has 1 aliphatic carbocycles. The van der Waals surface area contributed by atoms with Crippen molar-refractivity contribution in [1.29, 1.82) is 5.26 Å². The normalized spacial score (nSPS) is 16.0. The zero-order valence-electron chi connectivity index (χ0n) is 14.3. The molecule has 0 bridgehead atoms. The molecule has 0 radical (unpaired) electrons. The second-order valence-electron chi connectivity index (χ2n) is 6.53. The molecule has 1 atom stereocenters. The number of oxazole rings is 1. The van der Waals surface area contributed by atoms with Gasteiger partial charge in [-0.15, -0.1) is 0 Å². The maximum absolute atomic E-state index is 9.11. The van der Waals surface area contributed by atoms with Crippen LogP contribution in [0.15, 0.2) is 47.5 Å². The Bertz CT molecular complexity index is 1160. The molecule has 7 nitrogen and oxygen atoms in total. The van der Waals surface area contributed by atoms with E-state index >= 15 is 0 Å². The van der Waals surface area contributed by atoms with Gasteiger partial charge in [0, 0.05) is 11.5 Å². The van der Waals surface area contributed by atoms with Crippen molar-refractivity contribution < 1.29 is 9.15 Å². The summed E-state index contributed by atoms with van der Waals surface area (Å²) in [6.45, 7) is 0. The SMILES string of the molecule is N#Cc1ccc2c(c1)CCC[C@H]2Oc1cc2c(-c3cnco3)n[nH]c2cn1. The molecule has 0 aliphatic heterocycles. The van der Waals surface area contributed by atoms with Crippen molar-refractivity contribution in [2.24, 2.45) is 0 Å². The lowest BCUT2D eigenvalue weighted by Gasteiger charge is -2.26. The zero-order chi connectivity index (χ0) is 18.2. The third-order valence-corrected chi connectivity index (χ3v) is 4.88. The highest BCUT2D eigenvalue weighted by Crippen LogP contribution is 2.35. The van der Waals surface area contributed by atoms with E-state index in [1.807, 2.05) is 24.3 Å². The first-order chi connectivity index (χ1) is 13.3.